The number of alkyl halides is 2. The van der Waals surface area contributed by atoms with Crippen LogP contribution < -0.4 is 0 Å². The second-order valence-corrected chi connectivity index (χ2v) is 6.53. The molecule has 0 atom stereocenters. The Labute approximate surface area is 114 Å². The summed E-state index contributed by atoms with van der Waals surface area (Å²) >= 11 is 15.2. The molecule has 16 heavy (non-hydrogen) atoms. The van der Waals surface area contributed by atoms with Crippen LogP contribution in [0.3, 0.4) is 0 Å². The minimum absolute atomic E-state index is 0.448. The van der Waals surface area contributed by atoms with E-state index in [-0.39, 0.29) is 0 Å². The van der Waals surface area contributed by atoms with Crippen LogP contribution in [0.4, 0.5) is 0 Å². The van der Waals surface area contributed by atoms with Crippen LogP contribution in [0.5, 0.6) is 0 Å². The van der Waals surface area contributed by atoms with Gasteiger partial charge in [-0.1, -0.05) is 6.92 Å². The van der Waals surface area contributed by atoms with Gasteiger partial charge >= 0.3 is 0 Å². The molecule has 0 fully saturated rings. The Morgan fingerprint density at radius 2 is 1.38 bits per heavy atom. The van der Waals surface area contributed by atoms with Gasteiger partial charge in [-0.3, -0.25) is 0 Å². The summed E-state index contributed by atoms with van der Waals surface area (Å²) in [6.07, 6.45) is 0. The molecule has 0 N–H and O–H groups in total. The number of hydrogen-bond donors (Lipinski definition) is 0. The van der Waals surface area contributed by atoms with Gasteiger partial charge in [0.25, 0.3) is 0 Å². The molecule has 2 aromatic rings. The topological polar surface area (TPSA) is 0 Å². The highest BCUT2D eigenvalue weighted by atomic mass is 35.5. The van der Waals surface area contributed by atoms with Crippen LogP contribution in [0.2, 0.25) is 0 Å². The number of halogens is 2. The van der Waals surface area contributed by atoms with Gasteiger partial charge in [-0.05, 0) is 24.3 Å². The molecule has 0 aliphatic heterocycles. The average molecular weight is 291 g/mol. The van der Waals surface area contributed by atoms with Crippen LogP contribution in [0.15, 0.2) is 24.3 Å². The number of hydrogen-bond acceptors (Lipinski definition) is 2. The van der Waals surface area contributed by atoms with Crippen LogP contribution >= 0.6 is 45.9 Å². The predicted molar refractivity (Wildman–Crippen MR) is 75.3 cm³/mol. The van der Waals surface area contributed by atoms with Gasteiger partial charge in [0.2, 0.25) is 0 Å². The van der Waals surface area contributed by atoms with E-state index in [2.05, 4.69) is 31.2 Å². The highest BCUT2D eigenvalue weighted by Crippen LogP contribution is 2.34. The first-order chi connectivity index (χ1) is 7.74. The first-order valence-electron chi connectivity index (χ1n) is 5.03. The molecule has 0 aliphatic carbocycles. The Morgan fingerprint density at radius 3 is 1.69 bits per heavy atom. The molecule has 2 aromatic heterocycles. The molecule has 0 nitrogen and oxygen atoms in total. The second kappa shape index (κ2) is 5.54. The summed E-state index contributed by atoms with van der Waals surface area (Å²) in [6.45, 7) is 2.23. The fourth-order valence-corrected chi connectivity index (χ4v) is 3.98. The van der Waals surface area contributed by atoms with E-state index in [0.29, 0.717) is 17.7 Å². The fourth-order valence-electron chi connectivity index (χ4n) is 1.54. The third-order valence-corrected chi connectivity index (χ3v) is 5.91. The van der Waals surface area contributed by atoms with Crippen molar-refractivity contribution in [1.82, 2.24) is 0 Å². The Bertz CT molecular complexity index is 417. The van der Waals surface area contributed by atoms with E-state index < -0.39 is 0 Å². The lowest BCUT2D eigenvalue weighted by Crippen LogP contribution is -1.87. The van der Waals surface area contributed by atoms with Gasteiger partial charge < -0.3 is 0 Å². The lowest BCUT2D eigenvalue weighted by Gasteiger charge is -2.05. The fraction of sp³-hybridized carbons (Fsp3) is 0.333. The smallest absolute Gasteiger partial charge is 0.0568 e. The summed E-state index contributed by atoms with van der Waals surface area (Å²) in [5, 5.41) is 0. The number of thiophene rings is 2. The van der Waals surface area contributed by atoms with Crippen molar-refractivity contribution in [3.63, 3.8) is 0 Å². The van der Waals surface area contributed by atoms with Crippen molar-refractivity contribution in [2.75, 3.05) is 0 Å². The molecule has 4 heteroatoms. The zero-order valence-corrected chi connectivity index (χ0v) is 12.0. The summed E-state index contributed by atoms with van der Waals surface area (Å²) < 4.78 is 0. The lowest BCUT2D eigenvalue weighted by atomic mass is 10.1. The summed E-state index contributed by atoms with van der Waals surface area (Å²) in [4.78, 5) is 5.22. The van der Waals surface area contributed by atoms with Crippen molar-refractivity contribution < 1.29 is 0 Å². The summed E-state index contributed by atoms with van der Waals surface area (Å²) in [5.74, 6) is 1.66. The molecular formula is C12H12Cl2S2. The molecule has 86 valence electrons. The molecule has 0 saturated carbocycles. The van der Waals surface area contributed by atoms with Crippen molar-refractivity contribution in [2.45, 2.75) is 24.6 Å². The number of rotatable bonds is 4. The molecule has 0 amide bonds. The van der Waals surface area contributed by atoms with Gasteiger partial charge in [-0.25, -0.2) is 0 Å². The third-order valence-electron chi connectivity index (χ3n) is 2.48. The normalized spacial score (nSPS) is 11.2. The first kappa shape index (κ1) is 12.4. The third kappa shape index (κ3) is 2.62. The zero-order valence-electron chi connectivity index (χ0n) is 8.87. The van der Waals surface area contributed by atoms with E-state index in [9.17, 15) is 0 Å². The van der Waals surface area contributed by atoms with Gasteiger partial charge in [0.15, 0.2) is 0 Å². The Kier molecular flexibility index (Phi) is 4.31. The standard InChI is InChI=1S/C12H12Cl2S2/c1-8(11-4-2-9(6-13)15-11)12-5-3-10(7-14)16-12/h2-5,8H,6-7H2,1H3. The van der Waals surface area contributed by atoms with Gasteiger partial charge in [-0.2, -0.15) is 0 Å². The SMILES string of the molecule is CC(c1ccc(CCl)s1)c1ccc(CCl)s1. The molecule has 0 radical (unpaired) electrons. The quantitative estimate of drug-likeness (QED) is 0.658. The molecule has 0 aromatic carbocycles. The highest BCUT2D eigenvalue weighted by molar-refractivity contribution is 7.13. The van der Waals surface area contributed by atoms with Crippen molar-refractivity contribution in [3.8, 4) is 0 Å². The van der Waals surface area contributed by atoms with Gasteiger partial charge in [-0.15, -0.1) is 45.9 Å². The largest absolute Gasteiger partial charge is 0.143 e. The Morgan fingerprint density at radius 1 is 0.938 bits per heavy atom. The average Bonchev–Trinajstić information content (AvgIpc) is 2.97. The lowest BCUT2D eigenvalue weighted by molar-refractivity contribution is 0.976. The molecule has 0 aliphatic rings. The summed E-state index contributed by atoms with van der Waals surface area (Å²) in [6, 6.07) is 8.57. The Balaban J connectivity index is 2.20. The minimum Gasteiger partial charge on any atom is -0.143 e. The zero-order chi connectivity index (χ0) is 11.5. The van der Waals surface area contributed by atoms with E-state index in [0.717, 1.165) is 0 Å². The Hall–Kier alpha value is -0.0200. The van der Waals surface area contributed by atoms with Gasteiger partial charge in [0, 0.05) is 25.4 Å². The minimum atomic E-state index is 0.448. The predicted octanol–water partition coefficient (Wildman–Crippen LogP) is 5.44. The van der Waals surface area contributed by atoms with E-state index in [1.807, 2.05) is 0 Å². The second-order valence-electron chi connectivity index (χ2n) is 3.60. The molecule has 0 bridgehead atoms. The van der Waals surface area contributed by atoms with Crippen molar-refractivity contribution in [2.24, 2.45) is 0 Å². The van der Waals surface area contributed by atoms with Crippen molar-refractivity contribution in [1.29, 1.82) is 0 Å². The van der Waals surface area contributed by atoms with Crippen LogP contribution in [0.25, 0.3) is 0 Å². The van der Waals surface area contributed by atoms with Crippen molar-refractivity contribution in [3.05, 3.63) is 43.8 Å². The van der Waals surface area contributed by atoms with E-state index >= 15 is 0 Å². The van der Waals surface area contributed by atoms with E-state index in [1.165, 1.54) is 19.5 Å². The van der Waals surface area contributed by atoms with E-state index in [1.54, 1.807) is 22.7 Å². The monoisotopic (exact) mass is 290 g/mol. The van der Waals surface area contributed by atoms with Gasteiger partial charge in [0.05, 0.1) is 11.8 Å². The van der Waals surface area contributed by atoms with Crippen LogP contribution in [0.1, 0.15) is 32.4 Å². The molecule has 0 spiro atoms. The van der Waals surface area contributed by atoms with Crippen LogP contribution in [-0.2, 0) is 11.8 Å². The maximum absolute atomic E-state index is 5.81. The summed E-state index contributed by atoms with van der Waals surface area (Å²) in [5.41, 5.74) is 0. The molecule has 2 heterocycles. The van der Waals surface area contributed by atoms with Crippen molar-refractivity contribution >= 4 is 45.9 Å². The maximum Gasteiger partial charge on any atom is 0.0568 e. The van der Waals surface area contributed by atoms with Crippen LogP contribution in [-0.4, -0.2) is 0 Å². The molecule has 0 unspecified atom stereocenters. The molecule has 2 rings (SSSR count). The highest BCUT2D eigenvalue weighted by Gasteiger charge is 2.13. The van der Waals surface area contributed by atoms with Gasteiger partial charge in [0.1, 0.15) is 0 Å². The summed E-state index contributed by atoms with van der Waals surface area (Å²) in [7, 11) is 0. The van der Waals surface area contributed by atoms with Crippen LogP contribution in [0, 0.1) is 0 Å². The maximum atomic E-state index is 5.81. The molecular weight excluding hydrogens is 279 g/mol. The van der Waals surface area contributed by atoms with E-state index in [4.69, 9.17) is 23.2 Å². The first-order valence-corrected chi connectivity index (χ1v) is 7.74. The molecule has 0 saturated heterocycles.